The SMILES string of the molecule is CCCOc1cccc([C@H](N)CC(=O)OC)c1. The van der Waals surface area contributed by atoms with Crippen molar-refractivity contribution in [3.05, 3.63) is 29.8 Å². The molecule has 0 spiro atoms. The van der Waals surface area contributed by atoms with Gasteiger partial charge in [0.25, 0.3) is 0 Å². The van der Waals surface area contributed by atoms with Crippen LogP contribution in [0.2, 0.25) is 0 Å². The van der Waals surface area contributed by atoms with Crippen LogP contribution in [-0.4, -0.2) is 19.7 Å². The molecule has 94 valence electrons. The van der Waals surface area contributed by atoms with Crippen molar-refractivity contribution < 1.29 is 14.3 Å². The van der Waals surface area contributed by atoms with E-state index in [1.165, 1.54) is 7.11 Å². The second-order valence-corrected chi connectivity index (χ2v) is 3.81. The first kappa shape index (κ1) is 13.5. The molecule has 1 rings (SSSR count). The lowest BCUT2D eigenvalue weighted by atomic mass is 10.0. The number of nitrogens with two attached hydrogens (primary N) is 1. The van der Waals surface area contributed by atoms with Crippen molar-refractivity contribution in [2.24, 2.45) is 5.73 Å². The molecule has 1 aromatic rings. The smallest absolute Gasteiger partial charge is 0.307 e. The van der Waals surface area contributed by atoms with Gasteiger partial charge in [0.2, 0.25) is 0 Å². The minimum atomic E-state index is -0.354. The van der Waals surface area contributed by atoms with Crippen LogP contribution < -0.4 is 10.5 Å². The molecule has 17 heavy (non-hydrogen) atoms. The minimum Gasteiger partial charge on any atom is -0.494 e. The lowest BCUT2D eigenvalue weighted by molar-refractivity contribution is -0.141. The van der Waals surface area contributed by atoms with E-state index in [0.717, 1.165) is 17.7 Å². The third-order valence-electron chi connectivity index (χ3n) is 2.37. The van der Waals surface area contributed by atoms with Crippen LogP contribution in [-0.2, 0) is 9.53 Å². The van der Waals surface area contributed by atoms with Crippen molar-refractivity contribution in [1.82, 2.24) is 0 Å². The summed E-state index contributed by atoms with van der Waals surface area (Å²) in [4.78, 5) is 11.1. The van der Waals surface area contributed by atoms with Gasteiger partial charge in [-0.25, -0.2) is 0 Å². The summed E-state index contributed by atoms with van der Waals surface area (Å²) in [5, 5.41) is 0. The molecule has 0 saturated carbocycles. The molecule has 0 unspecified atom stereocenters. The van der Waals surface area contributed by atoms with Crippen LogP contribution in [0.25, 0.3) is 0 Å². The summed E-state index contributed by atoms with van der Waals surface area (Å²) in [6, 6.07) is 7.14. The van der Waals surface area contributed by atoms with E-state index >= 15 is 0 Å². The van der Waals surface area contributed by atoms with Gasteiger partial charge in [0, 0.05) is 6.04 Å². The van der Waals surface area contributed by atoms with Crippen LogP contribution in [0.1, 0.15) is 31.4 Å². The number of rotatable bonds is 6. The summed E-state index contributed by atoms with van der Waals surface area (Å²) >= 11 is 0. The van der Waals surface area contributed by atoms with E-state index in [1.807, 2.05) is 31.2 Å². The van der Waals surface area contributed by atoms with Crippen LogP contribution in [0.15, 0.2) is 24.3 Å². The molecule has 4 heteroatoms. The number of methoxy groups -OCH3 is 1. The zero-order valence-electron chi connectivity index (χ0n) is 10.3. The first-order valence-electron chi connectivity index (χ1n) is 5.72. The number of carbonyl (C=O) groups is 1. The minimum absolute atomic E-state index is 0.174. The predicted octanol–water partition coefficient (Wildman–Crippen LogP) is 2.04. The van der Waals surface area contributed by atoms with E-state index in [2.05, 4.69) is 4.74 Å². The summed E-state index contributed by atoms with van der Waals surface area (Å²) in [6.07, 6.45) is 1.13. The van der Waals surface area contributed by atoms with Gasteiger partial charge >= 0.3 is 5.97 Å². The Kier molecular flexibility index (Phi) is 5.49. The molecule has 0 aliphatic heterocycles. The van der Waals surface area contributed by atoms with Gasteiger partial charge in [-0.3, -0.25) is 4.79 Å². The third kappa shape index (κ3) is 4.44. The number of esters is 1. The van der Waals surface area contributed by atoms with Crippen LogP contribution in [0.4, 0.5) is 0 Å². The zero-order chi connectivity index (χ0) is 12.7. The lowest BCUT2D eigenvalue weighted by Crippen LogP contribution is -2.16. The summed E-state index contributed by atoms with van der Waals surface area (Å²) < 4.78 is 10.1. The van der Waals surface area contributed by atoms with Crippen molar-refractivity contribution in [2.75, 3.05) is 13.7 Å². The average Bonchev–Trinajstić information content (AvgIpc) is 2.36. The van der Waals surface area contributed by atoms with Crippen LogP contribution in [0.3, 0.4) is 0 Å². The molecule has 0 aliphatic rings. The first-order chi connectivity index (χ1) is 8.17. The van der Waals surface area contributed by atoms with Crippen molar-refractivity contribution in [3.8, 4) is 5.75 Å². The Bertz CT molecular complexity index is 365. The first-order valence-corrected chi connectivity index (χ1v) is 5.72. The van der Waals surface area contributed by atoms with E-state index in [-0.39, 0.29) is 18.4 Å². The van der Waals surface area contributed by atoms with Gasteiger partial charge in [-0.1, -0.05) is 19.1 Å². The molecule has 0 amide bonds. The molecule has 0 aliphatic carbocycles. The van der Waals surface area contributed by atoms with E-state index in [0.29, 0.717) is 6.61 Å². The molecular formula is C13H19NO3. The standard InChI is InChI=1S/C13H19NO3/c1-3-7-17-11-6-4-5-10(8-11)12(14)9-13(15)16-2/h4-6,8,12H,3,7,9,14H2,1-2H3/t12-/m1/s1. The number of benzene rings is 1. The highest BCUT2D eigenvalue weighted by molar-refractivity contribution is 5.70. The van der Waals surface area contributed by atoms with Gasteiger partial charge in [0.15, 0.2) is 0 Å². The van der Waals surface area contributed by atoms with Gasteiger partial charge in [-0.2, -0.15) is 0 Å². The van der Waals surface area contributed by atoms with Gasteiger partial charge in [0.1, 0.15) is 5.75 Å². The molecule has 1 atom stereocenters. The second-order valence-electron chi connectivity index (χ2n) is 3.81. The third-order valence-corrected chi connectivity index (χ3v) is 2.37. The molecule has 0 saturated heterocycles. The van der Waals surface area contributed by atoms with E-state index < -0.39 is 0 Å². The van der Waals surface area contributed by atoms with E-state index in [9.17, 15) is 4.79 Å². The highest BCUT2D eigenvalue weighted by atomic mass is 16.5. The number of carbonyl (C=O) groups excluding carboxylic acids is 1. The summed E-state index contributed by atoms with van der Waals surface area (Å²) in [6.45, 7) is 2.72. The molecular weight excluding hydrogens is 218 g/mol. The van der Waals surface area contributed by atoms with Crippen molar-refractivity contribution >= 4 is 5.97 Å². The Balaban J connectivity index is 2.66. The quantitative estimate of drug-likeness (QED) is 0.769. The highest BCUT2D eigenvalue weighted by Crippen LogP contribution is 2.20. The van der Waals surface area contributed by atoms with Crippen LogP contribution in [0.5, 0.6) is 5.75 Å². The number of hydrogen-bond acceptors (Lipinski definition) is 4. The van der Waals surface area contributed by atoms with Gasteiger partial charge in [0.05, 0.1) is 20.1 Å². The largest absolute Gasteiger partial charge is 0.494 e. The highest BCUT2D eigenvalue weighted by Gasteiger charge is 2.12. The maximum Gasteiger partial charge on any atom is 0.307 e. The van der Waals surface area contributed by atoms with Gasteiger partial charge in [-0.05, 0) is 24.1 Å². The van der Waals surface area contributed by atoms with Gasteiger partial charge in [-0.15, -0.1) is 0 Å². The predicted molar refractivity (Wildman–Crippen MR) is 65.8 cm³/mol. The molecule has 0 radical (unpaired) electrons. The molecule has 4 nitrogen and oxygen atoms in total. The molecule has 0 bridgehead atoms. The van der Waals surface area contributed by atoms with Crippen molar-refractivity contribution in [2.45, 2.75) is 25.8 Å². The van der Waals surface area contributed by atoms with Crippen LogP contribution >= 0.6 is 0 Å². The Morgan fingerprint density at radius 1 is 1.47 bits per heavy atom. The molecule has 0 aromatic heterocycles. The Morgan fingerprint density at radius 2 is 2.24 bits per heavy atom. The van der Waals surface area contributed by atoms with E-state index in [1.54, 1.807) is 0 Å². The summed E-state index contributed by atoms with van der Waals surface area (Å²) in [5.41, 5.74) is 6.79. The zero-order valence-corrected chi connectivity index (χ0v) is 10.3. The summed E-state index contributed by atoms with van der Waals surface area (Å²) in [7, 11) is 1.36. The second kappa shape index (κ2) is 6.91. The van der Waals surface area contributed by atoms with Crippen molar-refractivity contribution in [1.29, 1.82) is 0 Å². The fourth-order valence-corrected chi connectivity index (χ4v) is 1.44. The molecule has 1 aromatic carbocycles. The Labute approximate surface area is 102 Å². The molecule has 0 fully saturated rings. The van der Waals surface area contributed by atoms with Crippen LogP contribution in [0, 0.1) is 0 Å². The maximum atomic E-state index is 11.1. The topological polar surface area (TPSA) is 61.5 Å². The lowest BCUT2D eigenvalue weighted by Gasteiger charge is -2.12. The fourth-order valence-electron chi connectivity index (χ4n) is 1.44. The number of ether oxygens (including phenoxy) is 2. The van der Waals surface area contributed by atoms with Crippen molar-refractivity contribution in [3.63, 3.8) is 0 Å². The maximum absolute atomic E-state index is 11.1. The fraction of sp³-hybridized carbons (Fsp3) is 0.462. The Hall–Kier alpha value is -1.55. The Morgan fingerprint density at radius 3 is 2.88 bits per heavy atom. The summed E-state index contributed by atoms with van der Waals surface area (Å²) in [5.74, 6) is 0.474. The molecule has 0 heterocycles. The van der Waals surface area contributed by atoms with Gasteiger partial charge < -0.3 is 15.2 Å². The monoisotopic (exact) mass is 237 g/mol. The normalized spacial score (nSPS) is 11.9. The van der Waals surface area contributed by atoms with E-state index in [4.69, 9.17) is 10.5 Å². The average molecular weight is 237 g/mol. The number of hydrogen-bond donors (Lipinski definition) is 1. The molecule has 2 N–H and O–H groups in total.